The minimum Gasteiger partial charge on any atom is -0.380 e. The third-order valence-electron chi connectivity index (χ3n) is 3.16. The minimum absolute atomic E-state index is 0.578. The first-order chi connectivity index (χ1) is 9.40. The molecule has 0 amide bonds. The summed E-state index contributed by atoms with van der Waals surface area (Å²) in [6.45, 7) is 0.578. The van der Waals surface area contributed by atoms with Crippen molar-refractivity contribution < 1.29 is 4.74 Å². The molecule has 0 atom stereocenters. The van der Waals surface area contributed by atoms with Crippen molar-refractivity contribution in [3.05, 3.63) is 60.7 Å². The molecular weight excluding hydrogens is 236 g/mol. The van der Waals surface area contributed by atoms with Crippen molar-refractivity contribution in [2.75, 3.05) is 7.11 Å². The second kappa shape index (κ2) is 5.16. The van der Waals surface area contributed by atoms with Crippen LogP contribution in [0.25, 0.3) is 21.9 Å². The molecule has 1 aromatic heterocycles. The van der Waals surface area contributed by atoms with E-state index in [0.717, 1.165) is 16.7 Å². The van der Waals surface area contributed by atoms with Crippen molar-refractivity contribution in [2.24, 2.45) is 0 Å². The number of benzene rings is 2. The summed E-state index contributed by atoms with van der Waals surface area (Å²) in [4.78, 5) is 8.23. The summed E-state index contributed by atoms with van der Waals surface area (Å²) in [7, 11) is 1.71. The molecule has 0 fully saturated rings. The van der Waals surface area contributed by atoms with Gasteiger partial charge in [-0.1, -0.05) is 36.4 Å². The molecule has 0 N–H and O–H groups in total. The van der Waals surface area contributed by atoms with E-state index in [-0.39, 0.29) is 0 Å². The Hall–Kier alpha value is -2.26. The van der Waals surface area contributed by atoms with Crippen LogP contribution in [0.4, 0.5) is 0 Å². The standard InChI is InChI=1S/C16H14N2O/c1-19-10-13-7-6-12-4-2-3-5-15(12)16(13)14-8-17-11-18-9-14/h2-9,11H,10H2,1H3. The number of methoxy groups -OCH3 is 1. The summed E-state index contributed by atoms with van der Waals surface area (Å²) in [6.07, 6.45) is 5.23. The lowest BCUT2D eigenvalue weighted by atomic mass is 9.95. The van der Waals surface area contributed by atoms with E-state index in [9.17, 15) is 0 Å². The third-order valence-corrected chi connectivity index (χ3v) is 3.16. The van der Waals surface area contributed by atoms with Crippen LogP contribution < -0.4 is 0 Å². The number of hydrogen-bond acceptors (Lipinski definition) is 3. The molecule has 1 heterocycles. The molecule has 0 aliphatic carbocycles. The second-order valence-electron chi connectivity index (χ2n) is 4.38. The Balaban J connectivity index is 2.32. The van der Waals surface area contributed by atoms with Gasteiger partial charge in [-0.15, -0.1) is 0 Å². The highest BCUT2D eigenvalue weighted by Gasteiger charge is 2.10. The lowest BCUT2D eigenvalue weighted by Gasteiger charge is -2.12. The molecule has 0 aliphatic rings. The van der Waals surface area contributed by atoms with E-state index in [1.165, 1.54) is 10.8 Å². The largest absolute Gasteiger partial charge is 0.380 e. The Bertz CT molecular complexity index is 695. The Morgan fingerprint density at radius 1 is 1.00 bits per heavy atom. The van der Waals surface area contributed by atoms with Gasteiger partial charge in [-0.05, 0) is 21.9 Å². The van der Waals surface area contributed by atoms with Crippen molar-refractivity contribution in [3.8, 4) is 11.1 Å². The number of ether oxygens (including phenoxy) is 1. The molecule has 3 nitrogen and oxygen atoms in total. The molecule has 0 saturated heterocycles. The summed E-state index contributed by atoms with van der Waals surface area (Å²) < 4.78 is 5.30. The molecule has 3 aromatic rings. The van der Waals surface area contributed by atoms with Crippen molar-refractivity contribution in [2.45, 2.75) is 6.61 Å². The van der Waals surface area contributed by atoms with Crippen LogP contribution in [-0.4, -0.2) is 17.1 Å². The van der Waals surface area contributed by atoms with Gasteiger partial charge in [-0.25, -0.2) is 9.97 Å². The van der Waals surface area contributed by atoms with Gasteiger partial charge in [0.15, 0.2) is 0 Å². The van der Waals surface area contributed by atoms with Crippen LogP contribution in [0.3, 0.4) is 0 Å². The topological polar surface area (TPSA) is 35.0 Å². The maximum absolute atomic E-state index is 5.30. The normalized spacial score (nSPS) is 10.8. The van der Waals surface area contributed by atoms with Crippen LogP contribution in [0.5, 0.6) is 0 Å². The molecule has 19 heavy (non-hydrogen) atoms. The van der Waals surface area contributed by atoms with Gasteiger partial charge in [0.25, 0.3) is 0 Å². The van der Waals surface area contributed by atoms with E-state index >= 15 is 0 Å². The average molecular weight is 250 g/mol. The number of aromatic nitrogens is 2. The SMILES string of the molecule is COCc1ccc2ccccc2c1-c1cncnc1. The zero-order valence-electron chi connectivity index (χ0n) is 10.7. The molecule has 3 heteroatoms. The predicted molar refractivity (Wildman–Crippen MR) is 75.7 cm³/mol. The van der Waals surface area contributed by atoms with Crippen LogP contribution in [0.15, 0.2) is 55.1 Å². The van der Waals surface area contributed by atoms with Crippen molar-refractivity contribution in [3.63, 3.8) is 0 Å². The van der Waals surface area contributed by atoms with E-state index in [0.29, 0.717) is 6.61 Å². The van der Waals surface area contributed by atoms with Gasteiger partial charge in [-0.2, -0.15) is 0 Å². The Labute approximate surface area is 111 Å². The number of hydrogen-bond donors (Lipinski definition) is 0. The highest BCUT2D eigenvalue weighted by Crippen LogP contribution is 2.31. The molecule has 0 radical (unpaired) electrons. The van der Waals surface area contributed by atoms with E-state index in [4.69, 9.17) is 4.74 Å². The van der Waals surface area contributed by atoms with Gasteiger partial charge in [0.1, 0.15) is 6.33 Å². The minimum atomic E-state index is 0.578. The zero-order valence-corrected chi connectivity index (χ0v) is 10.7. The smallest absolute Gasteiger partial charge is 0.115 e. The summed E-state index contributed by atoms with van der Waals surface area (Å²) >= 11 is 0. The van der Waals surface area contributed by atoms with Gasteiger partial charge in [-0.3, -0.25) is 0 Å². The summed E-state index contributed by atoms with van der Waals surface area (Å²) in [5.74, 6) is 0. The molecule has 0 saturated carbocycles. The summed E-state index contributed by atoms with van der Waals surface area (Å²) in [5.41, 5.74) is 3.32. The van der Waals surface area contributed by atoms with Crippen LogP contribution in [0, 0.1) is 0 Å². The van der Waals surface area contributed by atoms with Gasteiger partial charge in [0.05, 0.1) is 6.61 Å². The van der Waals surface area contributed by atoms with Crippen LogP contribution in [0.1, 0.15) is 5.56 Å². The lowest BCUT2D eigenvalue weighted by Crippen LogP contribution is -1.94. The fourth-order valence-electron chi connectivity index (χ4n) is 2.36. The first-order valence-electron chi connectivity index (χ1n) is 6.15. The average Bonchev–Trinajstić information content (AvgIpc) is 2.48. The molecule has 3 rings (SSSR count). The third kappa shape index (κ3) is 2.20. The van der Waals surface area contributed by atoms with Gasteiger partial charge < -0.3 is 4.74 Å². The van der Waals surface area contributed by atoms with E-state index in [1.54, 1.807) is 13.4 Å². The van der Waals surface area contributed by atoms with Crippen molar-refractivity contribution >= 4 is 10.8 Å². The van der Waals surface area contributed by atoms with Gasteiger partial charge in [0, 0.05) is 25.1 Å². The molecule has 0 bridgehead atoms. The zero-order chi connectivity index (χ0) is 13.1. The predicted octanol–water partition coefficient (Wildman–Crippen LogP) is 3.44. The van der Waals surface area contributed by atoms with Gasteiger partial charge in [0.2, 0.25) is 0 Å². The maximum Gasteiger partial charge on any atom is 0.115 e. The fourth-order valence-corrected chi connectivity index (χ4v) is 2.36. The van der Waals surface area contributed by atoms with Crippen LogP contribution >= 0.6 is 0 Å². The van der Waals surface area contributed by atoms with E-state index in [2.05, 4.69) is 34.2 Å². The monoisotopic (exact) mass is 250 g/mol. The Morgan fingerprint density at radius 2 is 1.79 bits per heavy atom. The Kier molecular flexibility index (Phi) is 3.21. The molecular formula is C16H14N2O. The van der Waals surface area contributed by atoms with E-state index in [1.807, 2.05) is 24.5 Å². The fraction of sp³-hybridized carbons (Fsp3) is 0.125. The number of nitrogens with zero attached hydrogens (tertiary/aromatic N) is 2. The maximum atomic E-state index is 5.30. The Morgan fingerprint density at radius 3 is 2.58 bits per heavy atom. The van der Waals surface area contributed by atoms with Crippen molar-refractivity contribution in [1.82, 2.24) is 9.97 Å². The van der Waals surface area contributed by atoms with Crippen LogP contribution in [-0.2, 0) is 11.3 Å². The van der Waals surface area contributed by atoms with Gasteiger partial charge >= 0.3 is 0 Å². The second-order valence-corrected chi connectivity index (χ2v) is 4.38. The van der Waals surface area contributed by atoms with Crippen LogP contribution in [0.2, 0.25) is 0 Å². The highest BCUT2D eigenvalue weighted by atomic mass is 16.5. The molecule has 2 aromatic carbocycles. The first kappa shape index (κ1) is 11.8. The summed E-state index contributed by atoms with van der Waals surface area (Å²) in [5, 5.41) is 2.41. The number of rotatable bonds is 3. The quantitative estimate of drug-likeness (QED) is 0.714. The molecule has 94 valence electrons. The molecule has 0 spiro atoms. The highest BCUT2D eigenvalue weighted by molar-refractivity contribution is 5.98. The molecule has 0 unspecified atom stereocenters. The van der Waals surface area contributed by atoms with E-state index < -0.39 is 0 Å². The summed E-state index contributed by atoms with van der Waals surface area (Å²) in [6, 6.07) is 12.6. The first-order valence-corrected chi connectivity index (χ1v) is 6.15. The van der Waals surface area contributed by atoms with Crippen molar-refractivity contribution in [1.29, 1.82) is 0 Å². The molecule has 0 aliphatic heterocycles. The number of fused-ring (bicyclic) bond motifs is 1. The lowest BCUT2D eigenvalue weighted by molar-refractivity contribution is 0.185.